The lowest BCUT2D eigenvalue weighted by molar-refractivity contribution is -0.148. The molecular weight excluding hydrogens is 246 g/mol. The van der Waals surface area contributed by atoms with Crippen LogP contribution in [0.1, 0.15) is 19.4 Å². The summed E-state index contributed by atoms with van der Waals surface area (Å²) < 4.78 is 5.08. The van der Waals surface area contributed by atoms with Gasteiger partial charge in [-0.25, -0.2) is 0 Å². The van der Waals surface area contributed by atoms with E-state index in [0.717, 1.165) is 5.56 Å². The van der Waals surface area contributed by atoms with E-state index in [9.17, 15) is 9.59 Å². The molecule has 0 aliphatic rings. The van der Waals surface area contributed by atoms with Crippen molar-refractivity contribution < 1.29 is 19.4 Å². The van der Waals surface area contributed by atoms with E-state index in [4.69, 9.17) is 9.84 Å². The zero-order chi connectivity index (χ0) is 14.4. The van der Waals surface area contributed by atoms with Crippen molar-refractivity contribution in [2.24, 2.45) is 11.8 Å². The first kappa shape index (κ1) is 15.0. The number of carbonyl (C=O) groups excluding carboxylic acids is 1. The van der Waals surface area contributed by atoms with Gasteiger partial charge < -0.3 is 15.2 Å². The van der Waals surface area contributed by atoms with E-state index in [1.165, 1.54) is 0 Å². The van der Waals surface area contributed by atoms with Crippen LogP contribution in [0.15, 0.2) is 24.3 Å². The van der Waals surface area contributed by atoms with Crippen LogP contribution in [0.5, 0.6) is 5.75 Å². The highest BCUT2D eigenvalue weighted by atomic mass is 16.5. The number of carboxylic acids is 1. The van der Waals surface area contributed by atoms with E-state index in [2.05, 4.69) is 5.32 Å². The molecule has 5 nitrogen and oxygen atoms in total. The highest BCUT2D eigenvalue weighted by molar-refractivity contribution is 5.97. The van der Waals surface area contributed by atoms with E-state index in [1.54, 1.807) is 33.1 Å². The molecule has 1 atom stereocenters. The Labute approximate surface area is 112 Å². The SMILES string of the molecule is COc1cccc(CNC(=O)C(C(=O)O)C(C)C)c1. The van der Waals surface area contributed by atoms with Gasteiger partial charge >= 0.3 is 5.97 Å². The molecule has 5 heteroatoms. The Kier molecular flexibility index (Phi) is 5.36. The van der Waals surface area contributed by atoms with Crippen molar-refractivity contribution >= 4 is 11.9 Å². The second kappa shape index (κ2) is 6.78. The molecule has 0 saturated heterocycles. The Hall–Kier alpha value is -2.04. The van der Waals surface area contributed by atoms with E-state index in [-0.39, 0.29) is 12.5 Å². The highest BCUT2D eigenvalue weighted by Gasteiger charge is 2.29. The van der Waals surface area contributed by atoms with Gasteiger partial charge in [0, 0.05) is 6.54 Å². The third-order valence-electron chi connectivity index (χ3n) is 2.82. The number of nitrogens with one attached hydrogen (secondary N) is 1. The number of benzene rings is 1. The number of methoxy groups -OCH3 is 1. The summed E-state index contributed by atoms with van der Waals surface area (Å²) in [6.45, 7) is 3.71. The van der Waals surface area contributed by atoms with Gasteiger partial charge in [0.2, 0.25) is 5.91 Å². The zero-order valence-corrected chi connectivity index (χ0v) is 11.3. The van der Waals surface area contributed by atoms with Crippen LogP contribution in [0.2, 0.25) is 0 Å². The van der Waals surface area contributed by atoms with Crippen molar-refractivity contribution in [3.8, 4) is 5.75 Å². The molecular formula is C14H19NO4. The first-order valence-electron chi connectivity index (χ1n) is 6.09. The molecule has 0 heterocycles. The van der Waals surface area contributed by atoms with Crippen molar-refractivity contribution in [1.82, 2.24) is 5.32 Å². The number of rotatable bonds is 6. The minimum atomic E-state index is -1.10. The molecule has 0 fully saturated rings. The number of aliphatic carboxylic acids is 1. The molecule has 0 aliphatic heterocycles. The fourth-order valence-electron chi connectivity index (χ4n) is 1.78. The number of amides is 1. The fraction of sp³-hybridized carbons (Fsp3) is 0.429. The van der Waals surface area contributed by atoms with E-state index >= 15 is 0 Å². The predicted molar refractivity (Wildman–Crippen MR) is 70.8 cm³/mol. The van der Waals surface area contributed by atoms with Gasteiger partial charge in [0.15, 0.2) is 0 Å². The van der Waals surface area contributed by atoms with Crippen LogP contribution in [0, 0.1) is 11.8 Å². The monoisotopic (exact) mass is 265 g/mol. The molecule has 104 valence electrons. The van der Waals surface area contributed by atoms with Crippen LogP contribution in [0.4, 0.5) is 0 Å². The molecule has 1 aromatic carbocycles. The summed E-state index contributed by atoms with van der Waals surface area (Å²) in [6, 6.07) is 7.26. The Morgan fingerprint density at radius 2 is 2.05 bits per heavy atom. The summed E-state index contributed by atoms with van der Waals surface area (Å²) in [6.07, 6.45) is 0. The molecule has 2 N–H and O–H groups in total. The van der Waals surface area contributed by atoms with E-state index < -0.39 is 17.8 Å². The van der Waals surface area contributed by atoms with Crippen LogP contribution >= 0.6 is 0 Å². The van der Waals surface area contributed by atoms with Gasteiger partial charge in [-0.1, -0.05) is 26.0 Å². The van der Waals surface area contributed by atoms with Crippen LogP contribution in [-0.2, 0) is 16.1 Å². The quantitative estimate of drug-likeness (QED) is 0.767. The molecule has 0 radical (unpaired) electrons. The molecule has 0 saturated carbocycles. The van der Waals surface area contributed by atoms with Crippen molar-refractivity contribution in [2.75, 3.05) is 7.11 Å². The minimum Gasteiger partial charge on any atom is -0.497 e. The number of carboxylic acid groups (broad SMARTS) is 1. The second-order valence-electron chi connectivity index (χ2n) is 4.63. The summed E-state index contributed by atoms with van der Waals surface area (Å²) in [5.41, 5.74) is 0.862. The molecule has 1 aromatic rings. The molecule has 0 bridgehead atoms. The molecule has 1 amide bonds. The molecule has 0 spiro atoms. The van der Waals surface area contributed by atoms with Gasteiger partial charge in [-0.15, -0.1) is 0 Å². The maximum atomic E-state index is 11.8. The van der Waals surface area contributed by atoms with Gasteiger partial charge in [-0.3, -0.25) is 9.59 Å². The normalized spacial score (nSPS) is 12.0. The van der Waals surface area contributed by atoms with Crippen molar-refractivity contribution in [3.63, 3.8) is 0 Å². The van der Waals surface area contributed by atoms with Crippen LogP contribution in [-0.4, -0.2) is 24.1 Å². The van der Waals surface area contributed by atoms with Crippen LogP contribution < -0.4 is 10.1 Å². The lowest BCUT2D eigenvalue weighted by Gasteiger charge is -2.16. The number of hydrogen-bond donors (Lipinski definition) is 2. The summed E-state index contributed by atoms with van der Waals surface area (Å²) in [5.74, 6) is -2.14. The molecule has 19 heavy (non-hydrogen) atoms. The van der Waals surface area contributed by atoms with Gasteiger partial charge in [0.25, 0.3) is 0 Å². The third kappa shape index (κ3) is 4.28. The zero-order valence-electron chi connectivity index (χ0n) is 11.3. The van der Waals surface area contributed by atoms with Crippen molar-refractivity contribution in [2.45, 2.75) is 20.4 Å². The fourth-order valence-corrected chi connectivity index (χ4v) is 1.78. The largest absolute Gasteiger partial charge is 0.497 e. The Morgan fingerprint density at radius 1 is 1.37 bits per heavy atom. The molecule has 1 unspecified atom stereocenters. The summed E-state index contributed by atoms with van der Waals surface area (Å²) in [4.78, 5) is 22.8. The molecule has 1 rings (SSSR count). The molecule has 0 aromatic heterocycles. The van der Waals surface area contributed by atoms with Crippen LogP contribution in [0.25, 0.3) is 0 Å². The summed E-state index contributed by atoms with van der Waals surface area (Å²) in [7, 11) is 1.57. The first-order valence-corrected chi connectivity index (χ1v) is 6.09. The molecule has 0 aliphatic carbocycles. The summed E-state index contributed by atoms with van der Waals surface area (Å²) >= 11 is 0. The minimum absolute atomic E-state index is 0.247. The standard InChI is InChI=1S/C14H19NO4/c1-9(2)12(14(17)18)13(16)15-8-10-5-4-6-11(7-10)19-3/h4-7,9,12H,8H2,1-3H3,(H,15,16)(H,17,18). The number of ether oxygens (including phenoxy) is 1. The Balaban J connectivity index is 2.64. The first-order chi connectivity index (χ1) is 8.95. The van der Waals surface area contributed by atoms with Gasteiger partial charge in [-0.05, 0) is 23.6 Å². The smallest absolute Gasteiger partial charge is 0.316 e. The van der Waals surface area contributed by atoms with Gasteiger partial charge in [-0.2, -0.15) is 0 Å². The lowest BCUT2D eigenvalue weighted by atomic mass is 9.95. The summed E-state index contributed by atoms with van der Waals surface area (Å²) in [5, 5.41) is 11.7. The van der Waals surface area contributed by atoms with Crippen LogP contribution in [0.3, 0.4) is 0 Å². The lowest BCUT2D eigenvalue weighted by Crippen LogP contribution is -2.38. The van der Waals surface area contributed by atoms with Crippen molar-refractivity contribution in [3.05, 3.63) is 29.8 Å². The Bertz CT molecular complexity index is 457. The predicted octanol–water partition coefficient (Wildman–Crippen LogP) is 1.67. The van der Waals surface area contributed by atoms with Crippen molar-refractivity contribution in [1.29, 1.82) is 0 Å². The third-order valence-corrected chi connectivity index (χ3v) is 2.82. The second-order valence-corrected chi connectivity index (χ2v) is 4.63. The maximum absolute atomic E-state index is 11.8. The van der Waals surface area contributed by atoms with E-state index in [1.807, 2.05) is 12.1 Å². The maximum Gasteiger partial charge on any atom is 0.316 e. The Morgan fingerprint density at radius 3 is 2.58 bits per heavy atom. The highest BCUT2D eigenvalue weighted by Crippen LogP contribution is 2.14. The van der Waals surface area contributed by atoms with Gasteiger partial charge in [0.05, 0.1) is 7.11 Å². The van der Waals surface area contributed by atoms with E-state index in [0.29, 0.717) is 5.75 Å². The topological polar surface area (TPSA) is 75.6 Å². The van der Waals surface area contributed by atoms with Gasteiger partial charge in [0.1, 0.15) is 11.7 Å². The average molecular weight is 265 g/mol. The number of carbonyl (C=O) groups is 2. The number of hydrogen-bond acceptors (Lipinski definition) is 3. The average Bonchev–Trinajstić information content (AvgIpc) is 2.35.